The van der Waals surface area contributed by atoms with E-state index in [0.717, 1.165) is 0 Å². The van der Waals surface area contributed by atoms with Gasteiger partial charge in [-0.3, -0.25) is 10.1 Å². The van der Waals surface area contributed by atoms with Gasteiger partial charge in [0, 0.05) is 24.6 Å². The molecule has 0 saturated heterocycles. The van der Waals surface area contributed by atoms with E-state index in [1.54, 1.807) is 18.2 Å². The van der Waals surface area contributed by atoms with E-state index in [4.69, 9.17) is 9.84 Å². The Kier molecular flexibility index (Phi) is 3.69. The van der Waals surface area contributed by atoms with E-state index in [-0.39, 0.29) is 12.3 Å². The van der Waals surface area contributed by atoms with Crippen molar-refractivity contribution in [2.75, 3.05) is 13.2 Å². The van der Waals surface area contributed by atoms with Crippen molar-refractivity contribution in [3.8, 4) is 5.75 Å². The summed E-state index contributed by atoms with van der Waals surface area (Å²) in [4.78, 5) is 14.5. The minimum absolute atomic E-state index is 0.0250. The van der Waals surface area contributed by atoms with Crippen molar-refractivity contribution in [3.05, 3.63) is 40.6 Å². The molecule has 94 valence electrons. The number of ether oxygens (including phenoxy) is 1. The molecule has 1 heterocycles. The lowest BCUT2D eigenvalue weighted by molar-refractivity contribution is -0.383. The van der Waals surface area contributed by atoms with Crippen molar-refractivity contribution in [1.82, 2.24) is 4.98 Å². The molecule has 6 nitrogen and oxygen atoms in total. The number of hydrogen-bond donors (Lipinski definition) is 1. The van der Waals surface area contributed by atoms with Gasteiger partial charge in [-0.25, -0.2) is 4.98 Å². The first-order valence-corrected chi connectivity index (χ1v) is 5.49. The smallest absolute Gasteiger partial charge is 0.299 e. The van der Waals surface area contributed by atoms with Crippen LogP contribution in [0.3, 0.4) is 0 Å². The van der Waals surface area contributed by atoms with Crippen LogP contribution in [-0.2, 0) is 0 Å². The molecule has 0 spiro atoms. The number of benzene rings is 1. The first-order chi connectivity index (χ1) is 8.72. The van der Waals surface area contributed by atoms with E-state index in [9.17, 15) is 10.1 Å². The molecule has 0 fully saturated rings. The molecule has 1 aromatic heterocycles. The van der Waals surface area contributed by atoms with Crippen LogP contribution in [0.4, 0.5) is 5.69 Å². The summed E-state index contributed by atoms with van der Waals surface area (Å²) in [6.45, 7) is 0.344. The van der Waals surface area contributed by atoms with E-state index in [0.29, 0.717) is 29.7 Å². The zero-order chi connectivity index (χ0) is 13.0. The Bertz CT molecular complexity index is 571. The molecular formula is C12H12N2O4. The number of non-ortho nitro benzene ring substituents is 1. The Balaban J connectivity index is 2.41. The van der Waals surface area contributed by atoms with Crippen LogP contribution in [0, 0.1) is 10.1 Å². The van der Waals surface area contributed by atoms with Gasteiger partial charge in [-0.05, 0) is 12.1 Å². The lowest BCUT2D eigenvalue weighted by atomic mass is 10.2. The second-order valence-electron chi connectivity index (χ2n) is 3.70. The zero-order valence-electron chi connectivity index (χ0n) is 9.57. The fourth-order valence-corrected chi connectivity index (χ4v) is 1.62. The molecule has 0 radical (unpaired) electrons. The first-order valence-electron chi connectivity index (χ1n) is 5.49. The van der Waals surface area contributed by atoms with Gasteiger partial charge in [-0.15, -0.1) is 0 Å². The predicted octanol–water partition coefficient (Wildman–Crippen LogP) is 1.90. The average Bonchev–Trinajstić information content (AvgIpc) is 2.38. The van der Waals surface area contributed by atoms with Crippen LogP contribution in [0.2, 0.25) is 0 Å². The van der Waals surface area contributed by atoms with Gasteiger partial charge in [0.05, 0.1) is 17.6 Å². The number of pyridine rings is 1. The van der Waals surface area contributed by atoms with Crippen molar-refractivity contribution < 1.29 is 14.8 Å². The van der Waals surface area contributed by atoms with E-state index in [1.807, 2.05) is 0 Å². The topological polar surface area (TPSA) is 85.5 Å². The minimum Gasteiger partial charge on any atom is -0.493 e. The molecule has 0 aliphatic carbocycles. The highest BCUT2D eigenvalue weighted by atomic mass is 16.6. The summed E-state index contributed by atoms with van der Waals surface area (Å²) in [5, 5.41) is 20.3. The molecule has 1 aromatic carbocycles. The summed E-state index contributed by atoms with van der Waals surface area (Å²) in [7, 11) is 0. The Morgan fingerprint density at radius 2 is 2.28 bits per heavy atom. The minimum atomic E-state index is -0.478. The number of aliphatic hydroxyl groups is 1. The van der Waals surface area contributed by atoms with Gasteiger partial charge in [-0.2, -0.15) is 0 Å². The molecule has 0 bridgehead atoms. The largest absolute Gasteiger partial charge is 0.493 e. The van der Waals surface area contributed by atoms with Gasteiger partial charge in [0.15, 0.2) is 0 Å². The standard InChI is InChI=1S/C12H12N2O4/c15-5-2-6-18-10-7-9-3-1-4-13-12(9)11(8-10)14(16)17/h1,3-4,7-8,15H,2,5-6H2. The first kappa shape index (κ1) is 12.3. The third-order valence-electron chi connectivity index (χ3n) is 2.43. The van der Waals surface area contributed by atoms with E-state index < -0.39 is 4.92 Å². The summed E-state index contributed by atoms with van der Waals surface area (Å²) in [5.41, 5.74) is 0.268. The molecule has 0 atom stereocenters. The van der Waals surface area contributed by atoms with E-state index in [1.165, 1.54) is 12.3 Å². The predicted molar refractivity (Wildman–Crippen MR) is 65.6 cm³/mol. The normalized spacial score (nSPS) is 10.5. The van der Waals surface area contributed by atoms with Crippen molar-refractivity contribution in [3.63, 3.8) is 0 Å². The Hall–Kier alpha value is -2.21. The molecule has 2 rings (SSSR count). The SMILES string of the molecule is O=[N+]([O-])c1cc(OCCCO)cc2cccnc12. The molecule has 0 aliphatic heterocycles. The molecule has 0 unspecified atom stereocenters. The van der Waals surface area contributed by atoms with Crippen LogP contribution in [0.1, 0.15) is 6.42 Å². The number of hydrogen-bond acceptors (Lipinski definition) is 5. The lowest BCUT2D eigenvalue weighted by Crippen LogP contribution is -2.00. The highest BCUT2D eigenvalue weighted by Crippen LogP contribution is 2.29. The van der Waals surface area contributed by atoms with Gasteiger partial charge in [0.1, 0.15) is 11.3 Å². The summed E-state index contributed by atoms with van der Waals surface area (Å²) in [6.07, 6.45) is 2.00. The van der Waals surface area contributed by atoms with E-state index in [2.05, 4.69) is 4.98 Å². The third-order valence-corrected chi connectivity index (χ3v) is 2.43. The Morgan fingerprint density at radius 3 is 3.00 bits per heavy atom. The molecule has 0 aliphatic rings. The van der Waals surface area contributed by atoms with Crippen LogP contribution < -0.4 is 4.74 Å². The molecule has 0 saturated carbocycles. The summed E-state index contributed by atoms with van der Waals surface area (Å²) < 4.78 is 5.35. The molecule has 6 heteroatoms. The monoisotopic (exact) mass is 248 g/mol. The number of aromatic nitrogens is 1. The average molecular weight is 248 g/mol. The van der Waals surface area contributed by atoms with Crippen molar-refractivity contribution in [1.29, 1.82) is 0 Å². The molecular weight excluding hydrogens is 236 g/mol. The van der Waals surface area contributed by atoms with Crippen LogP contribution in [0.25, 0.3) is 10.9 Å². The number of rotatable bonds is 5. The molecule has 1 N–H and O–H groups in total. The number of nitro groups is 1. The van der Waals surface area contributed by atoms with Gasteiger partial charge in [0.2, 0.25) is 0 Å². The maximum absolute atomic E-state index is 11.0. The van der Waals surface area contributed by atoms with Crippen LogP contribution in [0.15, 0.2) is 30.5 Å². The van der Waals surface area contributed by atoms with Crippen LogP contribution in [0.5, 0.6) is 5.75 Å². The van der Waals surface area contributed by atoms with Crippen LogP contribution >= 0.6 is 0 Å². The molecule has 18 heavy (non-hydrogen) atoms. The van der Waals surface area contributed by atoms with Gasteiger partial charge in [-0.1, -0.05) is 6.07 Å². The highest BCUT2D eigenvalue weighted by molar-refractivity contribution is 5.88. The number of nitrogens with zero attached hydrogens (tertiary/aromatic N) is 2. The fourth-order valence-electron chi connectivity index (χ4n) is 1.62. The highest BCUT2D eigenvalue weighted by Gasteiger charge is 2.15. The lowest BCUT2D eigenvalue weighted by Gasteiger charge is -2.06. The van der Waals surface area contributed by atoms with Gasteiger partial charge < -0.3 is 9.84 Å². The summed E-state index contributed by atoms with van der Waals surface area (Å²) in [6, 6.07) is 6.51. The van der Waals surface area contributed by atoms with Gasteiger partial charge in [0.25, 0.3) is 5.69 Å². The summed E-state index contributed by atoms with van der Waals surface area (Å²) >= 11 is 0. The fraction of sp³-hybridized carbons (Fsp3) is 0.250. The maximum atomic E-state index is 11.0. The number of aliphatic hydroxyl groups excluding tert-OH is 1. The third kappa shape index (κ3) is 2.54. The quantitative estimate of drug-likeness (QED) is 0.496. The van der Waals surface area contributed by atoms with Gasteiger partial charge >= 0.3 is 0 Å². The zero-order valence-corrected chi connectivity index (χ0v) is 9.57. The Labute approximate surface area is 103 Å². The van der Waals surface area contributed by atoms with Crippen molar-refractivity contribution in [2.45, 2.75) is 6.42 Å². The number of fused-ring (bicyclic) bond motifs is 1. The van der Waals surface area contributed by atoms with Crippen molar-refractivity contribution in [2.24, 2.45) is 0 Å². The van der Waals surface area contributed by atoms with Crippen LogP contribution in [-0.4, -0.2) is 28.2 Å². The molecule has 2 aromatic rings. The van der Waals surface area contributed by atoms with E-state index >= 15 is 0 Å². The summed E-state index contributed by atoms with van der Waals surface area (Å²) in [5.74, 6) is 0.413. The van der Waals surface area contributed by atoms with Crippen molar-refractivity contribution >= 4 is 16.6 Å². The Morgan fingerprint density at radius 1 is 1.44 bits per heavy atom. The maximum Gasteiger partial charge on any atom is 0.299 e. The molecule has 0 amide bonds. The second-order valence-corrected chi connectivity index (χ2v) is 3.70. The second kappa shape index (κ2) is 5.42. The number of nitro benzene ring substituents is 1.